The molecular formula is C16H23ClN2O3S. The molecule has 1 aliphatic rings. The van der Waals surface area contributed by atoms with Gasteiger partial charge in [0.25, 0.3) is 0 Å². The number of halogens is 1. The lowest BCUT2D eigenvalue weighted by molar-refractivity contribution is -0.132. The molecular weight excluding hydrogens is 336 g/mol. The minimum atomic E-state index is -3.64. The van der Waals surface area contributed by atoms with Gasteiger partial charge in [-0.25, -0.2) is 13.1 Å². The molecule has 1 aromatic carbocycles. The van der Waals surface area contributed by atoms with Gasteiger partial charge in [0.15, 0.2) is 0 Å². The highest BCUT2D eigenvalue weighted by Crippen LogP contribution is 2.25. The maximum Gasteiger partial charge on any atom is 0.240 e. The molecule has 0 aromatic heterocycles. The highest BCUT2D eigenvalue weighted by atomic mass is 35.5. The molecule has 1 amide bonds. The zero-order chi connectivity index (χ0) is 17.0. The van der Waals surface area contributed by atoms with Gasteiger partial charge < -0.3 is 4.90 Å². The number of nitrogens with one attached hydrogen (secondary N) is 1. The second-order valence-corrected chi connectivity index (χ2v) is 8.26. The summed E-state index contributed by atoms with van der Waals surface area (Å²) in [5, 5.41) is 0.362. The monoisotopic (exact) mass is 358 g/mol. The molecule has 2 rings (SSSR count). The van der Waals surface area contributed by atoms with E-state index in [4.69, 9.17) is 11.6 Å². The van der Waals surface area contributed by atoms with Crippen molar-refractivity contribution in [2.24, 2.45) is 5.92 Å². The van der Waals surface area contributed by atoms with Gasteiger partial charge in [-0.05, 0) is 37.0 Å². The van der Waals surface area contributed by atoms with Gasteiger partial charge in [0.1, 0.15) is 0 Å². The van der Waals surface area contributed by atoms with E-state index in [-0.39, 0.29) is 29.8 Å². The van der Waals surface area contributed by atoms with E-state index in [9.17, 15) is 13.2 Å². The lowest BCUT2D eigenvalue weighted by atomic mass is 10.1. The first-order valence-corrected chi connectivity index (χ1v) is 9.74. The number of likely N-dealkylation sites (tertiary alicyclic amines) is 1. The van der Waals surface area contributed by atoms with Crippen molar-refractivity contribution in [3.63, 3.8) is 0 Å². The molecule has 0 saturated carbocycles. The summed E-state index contributed by atoms with van der Waals surface area (Å²) in [6, 6.07) is 6.34. The molecule has 0 radical (unpaired) electrons. The molecule has 0 spiro atoms. The molecule has 1 aromatic rings. The van der Waals surface area contributed by atoms with E-state index in [0.29, 0.717) is 10.9 Å². The Hall–Kier alpha value is -1.11. The summed E-state index contributed by atoms with van der Waals surface area (Å²) < 4.78 is 26.8. The number of rotatable bonds is 6. The van der Waals surface area contributed by atoms with Crippen molar-refractivity contribution in [1.82, 2.24) is 9.62 Å². The van der Waals surface area contributed by atoms with E-state index in [1.54, 1.807) is 12.1 Å². The number of carbonyl (C=O) groups is 1. The summed E-state index contributed by atoms with van der Waals surface area (Å²) in [5.74, 6) is 0.516. The summed E-state index contributed by atoms with van der Waals surface area (Å²) in [4.78, 5) is 14.3. The third-order valence-electron chi connectivity index (χ3n) is 4.15. The van der Waals surface area contributed by atoms with Gasteiger partial charge in [-0.3, -0.25) is 4.79 Å². The second-order valence-electron chi connectivity index (χ2n) is 6.05. The highest BCUT2D eigenvalue weighted by Gasteiger charge is 2.31. The third kappa shape index (κ3) is 4.68. The fourth-order valence-electron chi connectivity index (χ4n) is 3.00. The van der Waals surface area contributed by atoms with Crippen molar-refractivity contribution >= 4 is 27.5 Å². The van der Waals surface area contributed by atoms with E-state index in [0.717, 1.165) is 19.4 Å². The van der Waals surface area contributed by atoms with Crippen LogP contribution < -0.4 is 4.72 Å². The Morgan fingerprint density at radius 3 is 2.83 bits per heavy atom. The van der Waals surface area contributed by atoms with Gasteiger partial charge in [-0.1, -0.05) is 31.5 Å². The van der Waals surface area contributed by atoms with Crippen LogP contribution in [0.2, 0.25) is 5.02 Å². The van der Waals surface area contributed by atoms with E-state index in [1.807, 2.05) is 4.90 Å². The number of amides is 1. The molecule has 128 valence electrons. The molecule has 1 saturated heterocycles. The topological polar surface area (TPSA) is 66.5 Å². The van der Waals surface area contributed by atoms with Gasteiger partial charge in [-0.2, -0.15) is 0 Å². The Balaban J connectivity index is 1.90. The van der Waals surface area contributed by atoms with E-state index in [1.165, 1.54) is 12.1 Å². The summed E-state index contributed by atoms with van der Waals surface area (Å²) in [5.41, 5.74) is 0. The molecule has 5 nitrogen and oxygen atoms in total. The maximum absolute atomic E-state index is 12.3. The molecule has 1 aliphatic heterocycles. The number of carbonyl (C=O) groups excluding carboxylic acids is 1. The molecule has 0 aliphatic carbocycles. The van der Waals surface area contributed by atoms with Gasteiger partial charge in [-0.15, -0.1) is 0 Å². The third-order valence-corrected chi connectivity index (χ3v) is 5.85. The van der Waals surface area contributed by atoms with Crippen LogP contribution >= 0.6 is 11.6 Å². The largest absolute Gasteiger partial charge is 0.339 e. The van der Waals surface area contributed by atoms with Crippen LogP contribution in [0.15, 0.2) is 29.2 Å². The summed E-state index contributed by atoms with van der Waals surface area (Å²) in [6.07, 6.45) is 2.13. The zero-order valence-electron chi connectivity index (χ0n) is 13.5. The van der Waals surface area contributed by atoms with E-state index in [2.05, 4.69) is 18.6 Å². The number of hydrogen-bond donors (Lipinski definition) is 1. The lowest BCUT2D eigenvalue weighted by Crippen LogP contribution is -2.37. The first kappa shape index (κ1) is 18.2. The van der Waals surface area contributed by atoms with Crippen LogP contribution in [0.25, 0.3) is 0 Å². The molecule has 1 fully saturated rings. The highest BCUT2D eigenvalue weighted by molar-refractivity contribution is 7.89. The number of sulfonamides is 1. The van der Waals surface area contributed by atoms with Crippen LogP contribution in [-0.4, -0.2) is 38.4 Å². The Morgan fingerprint density at radius 1 is 1.43 bits per heavy atom. The molecule has 2 unspecified atom stereocenters. The molecule has 2 atom stereocenters. The minimum absolute atomic E-state index is 0.00925. The van der Waals surface area contributed by atoms with Crippen LogP contribution in [0.1, 0.15) is 33.1 Å². The Morgan fingerprint density at radius 2 is 2.17 bits per heavy atom. The summed E-state index contributed by atoms with van der Waals surface area (Å²) in [6.45, 7) is 5.07. The van der Waals surface area contributed by atoms with Crippen LogP contribution in [-0.2, 0) is 14.8 Å². The molecule has 1 N–H and O–H groups in total. The minimum Gasteiger partial charge on any atom is -0.339 e. The van der Waals surface area contributed by atoms with Crippen LogP contribution in [0, 0.1) is 5.92 Å². The average Bonchev–Trinajstić information content (AvgIpc) is 2.88. The summed E-state index contributed by atoms with van der Waals surface area (Å²) >= 11 is 5.81. The van der Waals surface area contributed by atoms with Crippen molar-refractivity contribution < 1.29 is 13.2 Å². The fourth-order valence-corrected chi connectivity index (χ4v) is 4.33. The molecule has 1 heterocycles. The van der Waals surface area contributed by atoms with Crippen molar-refractivity contribution in [1.29, 1.82) is 0 Å². The fraction of sp³-hybridized carbons (Fsp3) is 0.562. The first-order chi connectivity index (χ1) is 10.8. The molecule has 0 bridgehead atoms. The average molecular weight is 359 g/mol. The standard InChI is InChI=1S/C16H23ClN2O3S/c1-3-14-9-12(2)11-19(14)16(20)7-8-18-23(21,22)15-6-4-5-13(17)10-15/h4-6,10,12,14,18H,3,7-9,11H2,1-2H3. The van der Waals surface area contributed by atoms with Crippen LogP contribution in [0.5, 0.6) is 0 Å². The number of nitrogens with zero attached hydrogens (tertiary/aromatic N) is 1. The summed E-state index contributed by atoms with van der Waals surface area (Å²) in [7, 11) is -3.64. The Labute approximate surface area is 143 Å². The first-order valence-electron chi connectivity index (χ1n) is 7.88. The number of hydrogen-bond acceptors (Lipinski definition) is 3. The Kier molecular flexibility index (Phi) is 6.06. The van der Waals surface area contributed by atoms with Gasteiger partial charge in [0.05, 0.1) is 4.90 Å². The van der Waals surface area contributed by atoms with Crippen molar-refractivity contribution in [2.45, 2.75) is 44.0 Å². The smallest absolute Gasteiger partial charge is 0.240 e. The predicted molar refractivity (Wildman–Crippen MR) is 90.8 cm³/mol. The van der Waals surface area contributed by atoms with Crippen molar-refractivity contribution in [3.05, 3.63) is 29.3 Å². The second kappa shape index (κ2) is 7.64. The van der Waals surface area contributed by atoms with E-state index >= 15 is 0 Å². The predicted octanol–water partition coefficient (Wildman–Crippen LogP) is 2.66. The van der Waals surface area contributed by atoms with Crippen molar-refractivity contribution in [2.75, 3.05) is 13.1 Å². The SMILES string of the molecule is CCC1CC(C)CN1C(=O)CCNS(=O)(=O)c1cccc(Cl)c1. The zero-order valence-corrected chi connectivity index (χ0v) is 15.0. The molecule has 7 heteroatoms. The van der Waals surface area contributed by atoms with Gasteiger partial charge in [0, 0.05) is 30.6 Å². The number of benzene rings is 1. The van der Waals surface area contributed by atoms with Gasteiger partial charge >= 0.3 is 0 Å². The van der Waals surface area contributed by atoms with E-state index < -0.39 is 10.0 Å². The normalized spacial score (nSPS) is 21.6. The Bertz CT molecular complexity index is 663. The lowest BCUT2D eigenvalue weighted by Gasteiger charge is -2.23. The maximum atomic E-state index is 12.3. The van der Waals surface area contributed by atoms with Crippen LogP contribution in [0.4, 0.5) is 0 Å². The van der Waals surface area contributed by atoms with Crippen LogP contribution in [0.3, 0.4) is 0 Å². The quantitative estimate of drug-likeness (QED) is 0.850. The van der Waals surface area contributed by atoms with Crippen molar-refractivity contribution in [3.8, 4) is 0 Å². The van der Waals surface area contributed by atoms with Gasteiger partial charge in [0.2, 0.25) is 15.9 Å². The molecule has 23 heavy (non-hydrogen) atoms.